The van der Waals surface area contributed by atoms with E-state index in [1.165, 1.54) is 40.7 Å². The molecule has 4 rings (SSSR count). The number of amides is 1. The summed E-state index contributed by atoms with van der Waals surface area (Å²) >= 11 is 0. The van der Waals surface area contributed by atoms with Crippen molar-refractivity contribution in [3.63, 3.8) is 0 Å². The van der Waals surface area contributed by atoms with Crippen molar-refractivity contribution in [2.45, 2.75) is 24.2 Å². The molecule has 0 aliphatic carbocycles. The van der Waals surface area contributed by atoms with E-state index in [1.54, 1.807) is 12.1 Å². The van der Waals surface area contributed by atoms with Crippen LogP contribution in [0.5, 0.6) is 0 Å². The number of anilines is 2. The Balaban J connectivity index is 1.45. The Morgan fingerprint density at radius 1 is 1.00 bits per heavy atom. The van der Waals surface area contributed by atoms with E-state index >= 15 is 0 Å². The lowest BCUT2D eigenvalue weighted by Crippen LogP contribution is -2.35. The minimum absolute atomic E-state index is 0.0396. The summed E-state index contributed by atoms with van der Waals surface area (Å²) in [5.74, 6) is -0.306. The number of sulfonamides is 1. The molecule has 0 spiro atoms. The average Bonchev–Trinajstić information content (AvgIpc) is 2.79. The third-order valence-electron chi connectivity index (χ3n) is 5.31. The van der Waals surface area contributed by atoms with Crippen molar-refractivity contribution in [1.29, 1.82) is 0 Å². The van der Waals surface area contributed by atoms with Gasteiger partial charge in [0.05, 0.1) is 21.9 Å². The molecule has 0 atom stereocenters. The fourth-order valence-corrected chi connectivity index (χ4v) is 5.25. The number of fused-ring (bicyclic) bond motifs is 1. The molecule has 0 radical (unpaired) electrons. The maximum absolute atomic E-state index is 13.2. The van der Waals surface area contributed by atoms with Crippen LogP contribution in [0.1, 0.15) is 17.5 Å². The third kappa shape index (κ3) is 4.47. The SMILES string of the molecule is O=C(Cc1ccc([N+](=O)[O-])cc1)Nc1ccc(S(=O)(=O)N2CCCc3ccccc32)cc1. The van der Waals surface area contributed by atoms with Crippen molar-refractivity contribution in [3.05, 3.63) is 94.0 Å². The summed E-state index contributed by atoms with van der Waals surface area (Å²) in [5.41, 5.74) is 2.78. The highest BCUT2D eigenvalue weighted by molar-refractivity contribution is 7.92. The molecule has 1 amide bonds. The van der Waals surface area contributed by atoms with Crippen molar-refractivity contribution < 1.29 is 18.1 Å². The molecule has 0 aromatic heterocycles. The van der Waals surface area contributed by atoms with Gasteiger partial charge in [0.25, 0.3) is 15.7 Å². The van der Waals surface area contributed by atoms with Gasteiger partial charge in [-0.25, -0.2) is 8.42 Å². The molecule has 3 aromatic rings. The second kappa shape index (κ2) is 8.80. The zero-order chi connectivity index (χ0) is 22.7. The Morgan fingerprint density at radius 2 is 1.69 bits per heavy atom. The number of hydrogen-bond donors (Lipinski definition) is 1. The van der Waals surface area contributed by atoms with Crippen LogP contribution in [0.4, 0.5) is 17.1 Å². The number of benzene rings is 3. The van der Waals surface area contributed by atoms with Gasteiger partial charge in [0.2, 0.25) is 5.91 Å². The smallest absolute Gasteiger partial charge is 0.269 e. The number of nitro groups is 1. The highest BCUT2D eigenvalue weighted by Gasteiger charge is 2.28. The van der Waals surface area contributed by atoms with Crippen LogP contribution in [0.3, 0.4) is 0 Å². The summed E-state index contributed by atoms with van der Waals surface area (Å²) in [4.78, 5) is 22.7. The molecular weight excluding hydrogens is 430 g/mol. The Kier molecular flexibility index (Phi) is 5.91. The lowest BCUT2D eigenvalue weighted by molar-refractivity contribution is -0.384. The van der Waals surface area contributed by atoms with Gasteiger partial charge in [-0.2, -0.15) is 0 Å². The summed E-state index contributed by atoms with van der Waals surface area (Å²) in [5, 5.41) is 13.4. The molecule has 32 heavy (non-hydrogen) atoms. The first-order valence-corrected chi connectivity index (χ1v) is 11.5. The fraction of sp³-hybridized carbons (Fsp3) is 0.174. The number of aryl methyl sites for hydroxylation is 1. The molecule has 0 saturated heterocycles. The fourth-order valence-electron chi connectivity index (χ4n) is 3.71. The molecule has 1 aliphatic heterocycles. The number of nitro benzene ring substituents is 1. The Morgan fingerprint density at radius 3 is 2.38 bits per heavy atom. The maximum atomic E-state index is 13.2. The first kappa shape index (κ1) is 21.5. The number of para-hydroxylation sites is 1. The number of hydrogen-bond acceptors (Lipinski definition) is 5. The molecule has 0 bridgehead atoms. The predicted molar refractivity (Wildman–Crippen MR) is 121 cm³/mol. The van der Waals surface area contributed by atoms with Gasteiger partial charge in [0.1, 0.15) is 0 Å². The van der Waals surface area contributed by atoms with Crippen LogP contribution < -0.4 is 9.62 Å². The van der Waals surface area contributed by atoms with E-state index in [2.05, 4.69) is 5.32 Å². The molecule has 9 heteroatoms. The summed E-state index contributed by atoms with van der Waals surface area (Å²) in [6, 6.07) is 19.3. The zero-order valence-corrected chi connectivity index (χ0v) is 17.9. The van der Waals surface area contributed by atoms with E-state index in [4.69, 9.17) is 0 Å². The molecule has 164 valence electrons. The summed E-state index contributed by atoms with van der Waals surface area (Å²) in [6.45, 7) is 0.424. The molecular formula is C23H21N3O5S. The van der Waals surface area contributed by atoms with Crippen LogP contribution >= 0.6 is 0 Å². The van der Waals surface area contributed by atoms with Gasteiger partial charge in [0.15, 0.2) is 0 Å². The zero-order valence-electron chi connectivity index (χ0n) is 17.1. The van der Waals surface area contributed by atoms with Gasteiger partial charge in [-0.15, -0.1) is 0 Å². The van der Waals surface area contributed by atoms with Crippen molar-refractivity contribution in [3.8, 4) is 0 Å². The molecule has 8 nitrogen and oxygen atoms in total. The number of carbonyl (C=O) groups is 1. The summed E-state index contributed by atoms with van der Waals surface area (Å²) in [6.07, 6.45) is 1.65. The van der Waals surface area contributed by atoms with Crippen molar-refractivity contribution >= 4 is 33.0 Å². The third-order valence-corrected chi connectivity index (χ3v) is 7.13. The van der Waals surface area contributed by atoms with Gasteiger partial charge in [-0.3, -0.25) is 19.2 Å². The molecule has 0 unspecified atom stereocenters. The standard InChI is InChI=1S/C23H21N3O5S/c27-23(16-17-7-11-20(12-8-17)26(28)29)24-19-9-13-21(14-10-19)32(30,31)25-15-3-5-18-4-1-2-6-22(18)25/h1-2,4,6-14H,3,5,15-16H2,(H,24,27). The number of carbonyl (C=O) groups excluding carboxylic acids is 1. The Hall–Kier alpha value is -3.72. The van der Waals surface area contributed by atoms with Crippen LogP contribution in [0, 0.1) is 10.1 Å². The number of nitrogens with zero attached hydrogens (tertiary/aromatic N) is 2. The van der Waals surface area contributed by atoms with Gasteiger partial charge >= 0.3 is 0 Å². The van der Waals surface area contributed by atoms with Crippen molar-refractivity contribution in [1.82, 2.24) is 0 Å². The lowest BCUT2D eigenvalue weighted by atomic mass is 10.0. The summed E-state index contributed by atoms with van der Waals surface area (Å²) in [7, 11) is -3.71. The molecule has 0 saturated carbocycles. The van der Waals surface area contributed by atoms with Gasteiger partial charge < -0.3 is 5.32 Å². The molecule has 1 N–H and O–H groups in total. The first-order valence-electron chi connectivity index (χ1n) is 10.1. The number of nitrogens with one attached hydrogen (secondary N) is 1. The second-order valence-electron chi connectivity index (χ2n) is 7.48. The first-order chi connectivity index (χ1) is 15.3. The van der Waals surface area contributed by atoms with Crippen molar-refractivity contribution in [2.24, 2.45) is 0 Å². The number of non-ortho nitro benzene ring substituents is 1. The highest BCUT2D eigenvalue weighted by atomic mass is 32.2. The van der Waals surface area contributed by atoms with E-state index < -0.39 is 14.9 Å². The predicted octanol–water partition coefficient (Wildman–Crippen LogP) is 3.92. The maximum Gasteiger partial charge on any atom is 0.269 e. The topological polar surface area (TPSA) is 110 Å². The van der Waals surface area contributed by atoms with Crippen molar-refractivity contribution in [2.75, 3.05) is 16.2 Å². The highest BCUT2D eigenvalue weighted by Crippen LogP contribution is 2.32. The molecule has 0 fully saturated rings. The van der Waals surface area contributed by atoms with E-state index in [0.29, 0.717) is 23.5 Å². The van der Waals surface area contributed by atoms with Crippen LogP contribution in [0.2, 0.25) is 0 Å². The van der Waals surface area contributed by atoms with E-state index in [-0.39, 0.29) is 22.9 Å². The van der Waals surface area contributed by atoms with Crippen LogP contribution in [0.15, 0.2) is 77.7 Å². The number of rotatable bonds is 6. The van der Waals surface area contributed by atoms with E-state index in [9.17, 15) is 23.3 Å². The quantitative estimate of drug-likeness (QED) is 0.451. The molecule has 3 aromatic carbocycles. The minimum atomic E-state index is -3.71. The van der Waals surface area contributed by atoms with E-state index in [1.807, 2.05) is 24.3 Å². The Labute approximate surface area is 185 Å². The van der Waals surface area contributed by atoms with Gasteiger partial charge in [0, 0.05) is 24.4 Å². The Bertz CT molecular complexity index is 1260. The van der Waals surface area contributed by atoms with Crippen LogP contribution in [0.25, 0.3) is 0 Å². The van der Waals surface area contributed by atoms with Gasteiger partial charge in [-0.05, 0) is 54.3 Å². The summed E-state index contributed by atoms with van der Waals surface area (Å²) < 4.78 is 27.8. The minimum Gasteiger partial charge on any atom is -0.326 e. The van der Waals surface area contributed by atoms with E-state index in [0.717, 1.165) is 18.4 Å². The normalized spacial score (nSPS) is 13.3. The average molecular weight is 452 g/mol. The van der Waals surface area contributed by atoms with Gasteiger partial charge in [-0.1, -0.05) is 30.3 Å². The van der Waals surface area contributed by atoms with Crippen LogP contribution in [-0.2, 0) is 27.7 Å². The van der Waals surface area contributed by atoms with Crippen LogP contribution in [-0.4, -0.2) is 25.8 Å². The molecule has 1 aliphatic rings. The largest absolute Gasteiger partial charge is 0.326 e. The monoisotopic (exact) mass is 451 g/mol. The molecule has 1 heterocycles. The lowest BCUT2D eigenvalue weighted by Gasteiger charge is -2.30. The second-order valence-corrected chi connectivity index (χ2v) is 9.34.